The van der Waals surface area contributed by atoms with Crippen molar-refractivity contribution < 1.29 is 18.6 Å². The van der Waals surface area contributed by atoms with E-state index in [0.717, 1.165) is 9.87 Å². The van der Waals surface area contributed by atoms with Crippen LogP contribution >= 0.6 is 11.6 Å². The van der Waals surface area contributed by atoms with Crippen LogP contribution in [0.3, 0.4) is 0 Å². The maximum absolute atomic E-state index is 13.0. The van der Waals surface area contributed by atoms with Gasteiger partial charge in [-0.3, -0.25) is 0 Å². The Morgan fingerprint density at radius 3 is 2.48 bits per heavy atom. The van der Waals surface area contributed by atoms with Gasteiger partial charge in [-0.1, -0.05) is 41.9 Å². The van der Waals surface area contributed by atoms with Crippen molar-refractivity contribution in [2.45, 2.75) is 11.4 Å². The summed E-state index contributed by atoms with van der Waals surface area (Å²) in [7, 11) is -2.56. The molecule has 0 atom stereocenters. The van der Waals surface area contributed by atoms with E-state index in [2.05, 4.69) is 9.97 Å². The van der Waals surface area contributed by atoms with E-state index in [1.54, 1.807) is 0 Å². The maximum Gasteiger partial charge on any atom is 0.317 e. The largest absolute Gasteiger partial charge is 0.493 e. The first-order chi connectivity index (χ1) is 11.8. The highest BCUT2D eigenvalue weighted by atomic mass is 35.5. The molecule has 0 spiro atoms. The number of hydrogen-bond acceptors (Lipinski definition) is 6. The van der Waals surface area contributed by atoms with Gasteiger partial charge in [-0.05, 0) is 17.7 Å². The lowest BCUT2D eigenvalue weighted by atomic mass is 10.2. The smallest absolute Gasteiger partial charge is 0.317 e. The van der Waals surface area contributed by atoms with Crippen LogP contribution in [-0.4, -0.2) is 40.0 Å². The lowest BCUT2D eigenvalue weighted by Gasteiger charge is -2.18. The highest BCUT2D eigenvalue weighted by molar-refractivity contribution is 7.89. The number of halogens is 1. The van der Waals surface area contributed by atoms with Crippen LogP contribution in [-0.2, 0) is 16.6 Å². The monoisotopic (exact) mass is 379 g/mol. The molecule has 2 N–H and O–H groups in total. The topological polar surface area (TPSA) is 104 Å². The van der Waals surface area contributed by atoms with E-state index < -0.39 is 21.9 Å². The molecule has 0 radical (unpaired) electrons. The van der Waals surface area contributed by atoms with Gasteiger partial charge in [-0.25, -0.2) is 8.42 Å². The van der Waals surface area contributed by atoms with E-state index in [0.29, 0.717) is 0 Å². The summed E-state index contributed by atoms with van der Waals surface area (Å²) in [4.78, 5) is 6.94. The first kappa shape index (κ1) is 17.4. The van der Waals surface area contributed by atoms with Crippen molar-refractivity contribution in [3.8, 4) is 11.9 Å². The molecular formula is C16H14ClN3O4S. The van der Waals surface area contributed by atoms with E-state index in [1.165, 1.54) is 19.2 Å². The molecule has 7 nitrogen and oxygen atoms in total. The average molecular weight is 380 g/mol. The minimum Gasteiger partial charge on any atom is -0.493 e. The second-order valence-corrected chi connectivity index (χ2v) is 7.84. The van der Waals surface area contributed by atoms with Crippen LogP contribution in [0.15, 0.2) is 47.4 Å². The zero-order chi connectivity index (χ0) is 18.2. The zero-order valence-electron chi connectivity index (χ0n) is 13.1. The fraction of sp³-hybridized carbons (Fsp3) is 0.125. The fourth-order valence-electron chi connectivity index (χ4n) is 2.43. The summed E-state index contributed by atoms with van der Waals surface area (Å²) in [6.07, 6.45) is 0. The summed E-state index contributed by atoms with van der Waals surface area (Å²) in [5.74, 6) is -0.549. The van der Waals surface area contributed by atoms with E-state index in [1.807, 2.05) is 30.3 Å². The summed E-state index contributed by atoms with van der Waals surface area (Å²) in [5, 5.41) is 19.5. The molecular weight excluding hydrogens is 366 g/mol. The average Bonchev–Trinajstić information content (AvgIpc) is 2.56. The van der Waals surface area contributed by atoms with Crippen molar-refractivity contribution in [2.24, 2.45) is 0 Å². The first-order valence-electron chi connectivity index (χ1n) is 7.18. The lowest BCUT2D eigenvalue weighted by molar-refractivity contribution is 0.403. The summed E-state index contributed by atoms with van der Waals surface area (Å²) >= 11 is 5.99. The third kappa shape index (κ3) is 3.37. The number of nitrogens with zero attached hydrogens (tertiary/aromatic N) is 3. The van der Waals surface area contributed by atoms with Crippen molar-refractivity contribution >= 4 is 32.5 Å². The van der Waals surface area contributed by atoms with E-state index in [9.17, 15) is 18.6 Å². The van der Waals surface area contributed by atoms with Gasteiger partial charge in [0.2, 0.25) is 15.9 Å². The lowest BCUT2D eigenvalue weighted by Crippen LogP contribution is -2.26. The molecule has 0 aliphatic carbocycles. The summed E-state index contributed by atoms with van der Waals surface area (Å²) in [6, 6.07) is 10.9. The molecule has 0 saturated carbocycles. The molecule has 25 heavy (non-hydrogen) atoms. The van der Waals surface area contributed by atoms with E-state index in [-0.39, 0.29) is 27.4 Å². The Morgan fingerprint density at radius 1 is 1.12 bits per heavy atom. The zero-order valence-corrected chi connectivity index (χ0v) is 14.7. The molecule has 3 rings (SSSR count). The van der Waals surface area contributed by atoms with E-state index in [4.69, 9.17) is 11.6 Å². The number of fused-ring (bicyclic) bond motifs is 1. The molecule has 0 aliphatic rings. The van der Waals surface area contributed by atoms with Gasteiger partial charge in [0.1, 0.15) is 10.4 Å². The molecule has 1 heterocycles. The third-order valence-electron chi connectivity index (χ3n) is 3.63. The van der Waals surface area contributed by atoms with Gasteiger partial charge in [-0.15, -0.1) is 0 Å². The molecule has 1 aromatic heterocycles. The van der Waals surface area contributed by atoms with Gasteiger partial charge in [0, 0.05) is 18.6 Å². The van der Waals surface area contributed by atoms with Crippen molar-refractivity contribution in [3.63, 3.8) is 0 Å². The van der Waals surface area contributed by atoms with Crippen molar-refractivity contribution in [1.29, 1.82) is 0 Å². The summed E-state index contributed by atoms with van der Waals surface area (Å²) in [6.45, 7) is 0.139. The van der Waals surface area contributed by atoms with Gasteiger partial charge in [0.25, 0.3) is 0 Å². The van der Waals surface area contributed by atoms with Crippen LogP contribution in [0.5, 0.6) is 11.9 Å². The van der Waals surface area contributed by atoms with Gasteiger partial charge in [-0.2, -0.15) is 14.3 Å². The minimum absolute atomic E-state index is 0.0389. The number of hydrogen-bond donors (Lipinski definition) is 2. The normalized spacial score (nSPS) is 12.0. The van der Waals surface area contributed by atoms with Gasteiger partial charge >= 0.3 is 6.01 Å². The summed E-state index contributed by atoms with van der Waals surface area (Å²) < 4.78 is 27.1. The first-order valence-corrected chi connectivity index (χ1v) is 9.00. The number of aromatic nitrogens is 2. The Kier molecular flexibility index (Phi) is 4.51. The quantitative estimate of drug-likeness (QED) is 0.721. The van der Waals surface area contributed by atoms with Gasteiger partial charge < -0.3 is 10.2 Å². The highest BCUT2D eigenvalue weighted by Gasteiger charge is 2.26. The molecule has 2 aromatic carbocycles. The number of sulfonamides is 1. The number of benzene rings is 2. The number of aromatic hydroxyl groups is 2. The molecule has 3 aromatic rings. The maximum atomic E-state index is 13.0. The Hall–Kier alpha value is -2.42. The number of rotatable bonds is 4. The summed E-state index contributed by atoms with van der Waals surface area (Å²) in [5.41, 5.74) is 0.703. The molecule has 0 bridgehead atoms. The van der Waals surface area contributed by atoms with Crippen LogP contribution in [0.2, 0.25) is 5.02 Å². The fourth-order valence-corrected chi connectivity index (χ4v) is 4.04. The standard InChI is InChI=1S/C16H14ClN3O4S/c1-20(9-10-5-3-2-4-6-10)25(23,24)13-8-11(17)7-12-14(13)18-16(22)19-15(12)21/h2-8H,9H2,1H3,(H2,18,19,21,22). The third-order valence-corrected chi connectivity index (χ3v) is 5.67. The molecule has 9 heteroatoms. The second kappa shape index (κ2) is 6.47. The Bertz CT molecular complexity index is 1040. The minimum atomic E-state index is -3.98. The predicted octanol–water partition coefficient (Wildman–Crippen LogP) is 2.52. The van der Waals surface area contributed by atoms with Crippen LogP contribution in [0.1, 0.15) is 5.56 Å². The van der Waals surface area contributed by atoms with Gasteiger partial charge in [0.05, 0.1) is 5.39 Å². The van der Waals surface area contributed by atoms with Crippen molar-refractivity contribution in [3.05, 3.63) is 53.1 Å². The van der Waals surface area contributed by atoms with Crippen LogP contribution in [0.4, 0.5) is 0 Å². The molecule has 0 aliphatic heterocycles. The van der Waals surface area contributed by atoms with Crippen LogP contribution < -0.4 is 0 Å². The SMILES string of the molecule is CN(Cc1ccccc1)S(=O)(=O)c1cc(Cl)cc2c(O)nc(O)nc12. The molecule has 130 valence electrons. The predicted molar refractivity (Wildman–Crippen MR) is 93.0 cm³/mol. The Morgan fingerprint density at radius 2 is 1.80 bits per heavy atom. The Labute approximate surface area is 149 Å². The second-order valence-electron chi connectivity index (χ2n) is 5.39. The molecule has 0 fully saturated rings. The van der Waals surface area contributed by atoms with Crippen molar-refractivity contribution in [1.82, 2.24) is 14.3 Å². The highest BCUT2D eigenvalue weighted by Crippen LogP contribution is 2.33. The molecule has 0 unspecified atom stereocenters. The van der Waals surface area contributed by atoms with Gasteiger partial charge in [0.15, 0.2) is 0 Å². The van der Waals surface area contributed by atoms with Crippen LogP contribution in [0.25, 0.3) is 10.9 Å². The molecule has 0 amide bonds. The van der Waals surface area contributed by atoms with E-state index >= 15 is 0 Å². The molecule has 0 saturated heterocycles. The van der Waals surface area contributed by atoms with Crippen LogP contribution in [0, 0.1) is 0 Å². The van der Waals surface area contributed by atoms with Crippen molar-refractivity contribution in [2.75, 3.05) is 7.05 Å². The Balaban J connectivity index is 2.14.